The number of carbonyl (C=O) groups excluding carboxylic acids is 3. The molecule has 0 aromatic heterocycles. The molecular weight excluding hydrogens is 384 g/mol. The van der Waals surface area contributed by atoms with Gasteiger partial charge in [0.2, 0.25) is 0 Å². The van der Waals surface area contributed by atoms with Gasteiger partial charge in [0.05, 0.1) is 24.7 Å². The van der Waals surface area contributed by atoms with Crippen LogP contribution in [0.15, 0.2) is 47.4 Å². The van der Waals surface area contributed by atoms with Gasteiger partial charge in [-0.2, -0.15) is 5.01 Å². The summed E-state index contributed by atoms with van der Waals surface area (Å²) in [5.41, 5.74) is 2.79. The van der Waals surface area contributed by atoms with Crippen LogP contribution in [0.4, 0.5) is 4.79 Å². The van der Waals surface area contributed by atoms with Crippen molar-refractivity contribution in [3.63, 3.8) is 0 Å². The Morgan fingerprint density at radius 2 is 1.82 bits per heavy atom. The van der Waals surface area contributed by atoms with Crippen molar-refractivity contribution < 1.29 is 29.0 Å². The number of aromatic hydroxyl groups is 1. The molecule has 8 nitrogen and oxygen atoms in total. The van der Waals surface area contributed by atoms with Gasteiger partial charge in [-0.05, 0) is 47.7 Å². The SMILES string of the molecule is COc1ccc(C=C2SC(=O)N(NC(=O)c3ccccc3O)C2=O)cc1OC. The first kappa shape index (κ1) is 19.3. The smallest absolute Gasteiger partial charge is 0.312 e. The van der Waals surface area contributed by atoms with Gasteiger partial charge < -0.3 is 14.6 Å². The zero-order chi connectivity index (χ0) is 20.3. The third-order valence-corrected chi connectivity index (χ3v) is 4.73. The van der Waals surface area contributed by atoms with E-state index in [-0.39, 0.29) is 16.2 Å². The van der Waals surface area contributed by atoms with Crippen LogP contribution in [0.2, 0.25) is 0 Å². The van der Waals surface area contributed by atoms with Gasteiger partial charge in [0.25, 0.3) is 11.8 Å². The average Bonchev–Trinajstić information content (AvgIpc) is 2.95. The summed E-state index contributed by atoms with van der Waals surface area (Å²) in [4.78, 5) is 37.1. The first-order chi connectivity index (χ1) is 13.4. The first-order valence-electron chi connectivity index (χ1n) is 8.03. The van der Waals surface area contributed by atoms with Gasteiger partial charge >= 0.3 is 5.24 Å². The quantitative estimate of drug-likeness (QED) is 0.744. The molecular formula is C19H16N2O6S. The van der Waals surface area contributed by atoms with Crippen LogP contribution in [-0.2, 0) is 4.79 Å². The lowest BCUT2D eigenvalue weighted by molar-refractivity contribution is -0.124. The molecule has 0 atom stereocenters. The number of amides is 3. The maximum Gasteiger partial charge on any atom is 0.312 e. The molecule has 3 amide bonds. The van der Waals surface area contributed by atoms with Crippen LogP contribution in [0.5, 0.6) is 17.2 Å². The first-order valence-corrected chi connectivity index (χ1v) is 8.85. The van der Waals surface area contributed by atoms with Crippen molar-refractivity contribution in [3.05, 3.63) is 58.5 Å². The molecule has 1 aliphatic rings. The monoisotopic (exact) mass is 400 g/mol. The Balaban J connectivity index is 1.81. The van der Waals surface area contributed by atoms with Gasteiger partial charge in [0.1, 0.15) is 5.75 Å². The van der Waals surface area contributed by atoms with Crippen molar-refractivity contribution >= 4 is 34.9 Å². The van der Waals surface area contributed by atoms with E-state index in [2.05, 4.69) is 5.43 Å². The van der Waals surface area contributed by atoms with Crippen LogP contribution < -0.4 is 14.9 Å². The number of nitrogens with one attached hydrogen (secondary N) is 1. The minimum atomic E-state index is -0.771. The normalized spacial score (nSPS) is 15.1. The number of imide groups is 1. The number of ether oxygens (including phenoxy) is 2. The highest BCUT2D eigenvalue weighted by molar-refractivity contribution is 8.18. The van der Waals surface area contributed by atoms with Crippen molar-refractivity contribution in [2.45, 2.75) is 0 Å². The fourth-order valence-corrected chi connectivity index (χ4v) is 3.27. The van der Waals surface area contributed by atoms with Gasteiger partial charge in [0, 0.05) is 0 Å². The summed E-state index contributed by atoms with van der Waals surface area (Å²) in [7, 11) is 3.00. The van der Waals surface area contributed by atoms with Gasteiger partial charge in [-0.25, -0.2) is 0 Å². The van der Waals surface area contributed by atoms with E-state index in [0.717, 1.165) is 0 Å². The van der Waals surface area contributed by atoms with Crippen LogP contribution in [0.1, 0.15) is 15.9 Å². The van der Waals surface area contributed by atoms with Crippen LogP contribution >= 0.6 is 11.8 Å². The molecule has 0 bridgehead atoms. The van der Waals surface area contributed by atoms with Crippen LogP contribution in [0, 0.1) is 0 Å². The summed E-state index contributed by atoms with van der Waals surface area (Å²) in [6.45, 7) is 0. The molecule has 9 heteroatoms. The van der Waals surface area contributed by atoms with Gasteiger partial charge in [-0.3, -0.25) is 19.8 Å². The van der Waals surface area contributed by atoms with Crippen molar-refractivity contribution in [2.24, 2.45) is 0 Å². The Bertz CT molecular complexity index is 988. The molecule has 0 saturated carbocycles. The maximum atomic E-state index is 12.5. The number of hydrogen-bond donors (Lipinski definition) is 2. The molecule has 3 rings (SSSR count). The molecule has 2 aromatic carbocycles. The largest absolute Gasteiger partial charge is 0.507 e. The predicted octanol–water partition coefficient (Wildman–Crippen LogP) is 2.79. The van der Waals surface area contributed by atoms with Gasteiger partial charge in [-0.15, -0.1) is 0 Å². The van der Waals surface area contributed by atoms with Crippen LogP contribution in [0.3, 0.4) is 0 Å². The minimum absolute atomic E-state index is 0.0505. The van der Waals surface area contributed by atoms with Gasteiger partial charge in [0.15, 0.2) is 11.5 Å². The predicted molar refractivity (Wildman–Crippen MR) is 103 cm³/mol. The molecule has 2 N–H and O–H groups in total. The number of rotatable bonds is 5. The minimum Gasteiger partial charge on any atom is -0.507 e. The molecule has 0 aliphatic carbocycles. The van der Waals surface area contributed by atoms with E-state index in [9.17, 15) is 19.5 Å². The van der Waals surface area contributed by atoms with E-state index < -0.39 is 17.1 Å². The molecule has 28 heavy (non-hydrogen) atoms. The zero-order valence-corrected chi connectivity index (χ0v) is 15.8. The molecule has 1 fully saturated rings. The number of hydrogen-bond acceptors (Lipinski definition) is 7. The van der Waals surface area contributed by atoms with Crippen molar-refractivity contribution in [1.82, 2.24) is 10.4 Å². The molecule has 1 saturated heterocycles. The number of methoxy groups -OCH3 is 2. The van der Waals surface area contributed by atoms with E-state index in [0.29, 0.717) is 33.8 Å². The summed E-state index contributed by atoms with van der Waals surface area (Å²) in [5.74, 6) is -0.694. The molecule has 1 aliphatic heterocycles. The topological polar surface area (TPSA) is 105 Å². The highest BCUT2D eigenvalue weighted by Gasteiger charge is 2.37. The van der Waals surface area contributed by atoms with Crippen LogP contribution in [-0.4, -0.2) is 41.4 Å². The van der Waals surface area contributed by atoms with E-state index in [1.54, 1.807) is 30.3 Å². The third-order valence-electron chi connectivity index (χ3n) is 3.86. The molecule has 0 unspecified atom stereocenters. The maximum absolute atomic E-state index is 12.5. The lowest BCUT2D eigenvalue weighted by Gasteiger charge is -2.14. The number of nitrogens with zero attached hydrogens (tertiary/aromatic N) is 1. The number of thioether (sulfide) groups is 1. The van der Waals surface area contributed by atoms with E-state index in [1.807, 2.05) is 0 Å². The lowest BCUT2D eigenvalue weighted by atomic mass is 10.2. The standard InChI is InChI=1S/C19H16N2O6S/c1-26-14-8-7-11(9-15(14)27-2)10-16-18(24)21(19(25)28-16)20-17(23)12-5-3-4-6-13(12)22/h3-10,22H,1-2H3,(H,20,23). The van der Waals surface area contributed by atoms with Crippen molar-refractivity contribution in [2.75, 3.05) is 14.2 Å². The number of para-hydroxylation sites is 1. The number of phenolic OH excluding ortho intramolecular Hbond substituents is 1. The Morgan fingerprint density at radius 3 is 2.50 bits per heavy atom. The third kappa shape index (κ3) is 3.79. The Morgan fingerprint density at radius 1 is 1.11 bits per heavy atom. The Hall–Kier alpha value is -3.46. The summed E-state index contributed by atoms with van der Waals surface area (Å²) in [5, 5.41) is 9.70. The Kier molecular flexibility index (Phi) is 5.55. The van der Waals surface area contributed by atoms with Crippen LogP contribution in [0.25, 0.3) is 6.08 Å². The van der Waals surface area contributed by atoms with Crippen molar-refractivity contribution in [3.8, 4) is 17.2 Å². The van der Waals surface area contributed by atoms with E-state index >= 15 is 0 Å². The van der Waals surface area contributed by atoms with E-state index in [1.165, 1.54) is 32.4 Å². The second kappa shape index (κ2) is 8.05. The number of carbonyl (C=O) groups is 3. The molecule has 2 aromatic rings. The molecule has 144 valence electrons. The average molecular weight is 400 g/mol. The summed E-state index contributed by atoms with van der Waals surface area (Å²) in [6, 6.07) is 10.9. The molecule has 0 spiro atoms. The second-order valence-corrected chi connectivity index (χ2v) is 6.58. The number of hydrazine groups is 1. The fourth-order valence-electron chi connectivity index (χ4n) is 2.49. The molecule has 1 heterocycles. The fraction of sp³-hybridized carbons (Fsp3) is 0.105. The van der Waals surface area contributed by atoms with Gasteiger partial charge in [-0.1, -0.05) is 18.2 Å². The zero-order valence-electron chi connectivity index (χ0n) is 15.0. The van der Waals surface area contributed by atoms with Crippen molar-refractivity contribution in [1.29, 1.82) is 0 Å². The lowest BCUT2D eigenvalue weighted by Crippen LogP contribution is -2.44. The summed E-state index contributed by atoms with van der Waals surface area (Å²) in [6.07, 6.45) is 1.51. The van der Waals surface area contributed by atoms with E-state index in [4.69, 9.17) is 9.47 Å². The number of phenols is 1. The Labute approximate surface area is 164 Å². The number of benzene rings is 2. The molecule has 0 radical (unpaired) electrons. The highest BCUT2D eigenvalue weighted by atomic mass is 32.2. The highest BCUT2D eigenvalue weighted by Crippen LogP contribution is 2.33. The second-order valence-electron chi connectivity index (χ2n) is 5.59. The summed E-state index contributed by atoms with van der Waals surface area (Å²) >= 11 is 0.691. The summed E-state index contributed by atoms with van der Waals surface area (Å²) < 4.78 is 10.4.